The van der Waals surface area contributed by atoms with Gasteiger partial charge in [0.1, 0.15) is 17.2 Å². The summed E-state index contributed by atoms with van der Waals surface area (Å²) in [6.45, 7) is 0. The van der Waals surface area contributed by atoms with Crippen molar-refractivity contribution in [1.29, 1.82) is 0 Å². The number of phenolic OH excluding ortho intramolecular Hbond substituents is 1. The molecule has 0 aliphatic heterocycles. The summed E-state index contributed by atoms with van der Waals surface area (Å²) in [6.07, 6.45) is 3.90. The molecule has 0 aromatic heterocycles. The molecule has 0 heterocycles. The fraction of sp³-hybridized carbons (Fsp3) is 0.125. The molecular weight excluding hydrogens is 400 g/mol. The number of phenols is 1. The molecule has 0 bridgehead atoms. The fourth-order valence-corrected chi connectivity index (χ4v) is 3.02. The molecule has 0 spiro atoms. The molecule has 0 radical (unpaired) electrons. The molecule has 21 heavy (non-hydrogen) atoms. The van der Waals surface area contributed by atoms with E-state index < -0.39 is 0 Å². The van der Waals surface area contributed by atoms with Gasteiger partial charge in [-0.3, -0.25) is 0 Å². The Hall–Kier alpha value is -1.46. The van der Waals surface area contributed by atoms with Gasteiger partial charge in [0, 0.05) is 6.07 Å². The number of aromatic hydroxyl groups is 1. The van der Waals surface area contributed by atoms with Crippen LogP contribution in [0.2, 0.25) is 0 Å². The number of hydrogen-bond donors (Lipinski definition) is 1. The van der Waals surface area contributed by atoms with Crippen LogP contribution in [0.25, 0.3) is 12.2 Å². The zero-order valence-electron chi connectivity index (χ0n) is 11.6. The second-order valence-electron chi connectivity index (χ2n) is 4.31. The van der Waals surface area contributed by atoms with Gasteiger partial charge in [0.05, 0.1) is 23.2 Å². The van der Waals surface area contributed by atoms with Gasteiger partial charge in [-0.15, -0.1) is 0 Å². The Bertz CT molecular complexity index is 636. The summed E-state index contributed by atoms with van der Waals surface area (Å²) in [5.74, 6) is 1.67. The van der Waals surface area contributed by atoms with E-state index in [0.29, 0.717) is 8.95 Å². The van der Waals surface area contributed by atoms with Gasteiger partial charge < -0.3 is 14.6 Å². The van der Waals surface area contributed by atoms with Crippen molar-refractivity contribution in [1.82, 2.24) is 0 Å². The fourth-order valence-electron chi connectivity index (χ4n) is 1.80. The second-order valence-corrected chi connectivity index (χ2v) is 6.02. The summed E-state index contributed by atoms with van der Waals surface area (Å²) in [7, 11) is 3.24. The summed E-state index contributed by atoms with van der Waals surface area (Å²) in [5, 5.41) is 9.70. The summed E-state index contributed by atoms with van der Waals surface area (Å²) in [5.41, 5.74) is 1.92. The highest BCUT2D eigenvalue weighted by Crippen LogP contribution is 2.34. The molecule has 0 aliphatic rings. The van der Waals surface area contributed by atoms with Crippen LogP contribution in [0.1, 0.15) is 11.1 Å². The van der Waals surface area contributed by atoms with E-state index >= 15 is 0 Å². The van der Waals surface area contributed by atoms with E-state index in [1.165, 1.54) is 0 Å². The third-order valence-corrected chi connectivity index (χ3v) is 4.09. The third kappa shape index (κ3) is 4.02. The first-order valence-electron chi connectivity index (χ1n) is 6.12. The molecule has 1 N–H and O–H groups in total. The van der Waals surface area contributed by atoms with Gasteiger partial charge in [-0.1, -0.05) is 12.2 Å². The van der Waals surface area contributed by atoms with Crippen LogP contribution in [-0.4, -0.2) is 19.3 Å². The number of rotatable bonds is 4. The molecule has 110 valence electrons. The first-order valence-corrected chi connectivity index (χ1v) is 7.71. The number of halogens is 2. The highest BCUT2D eigenvalue weighted by molar-refractivity contribution is 9.11. The van der Waals surface area contributed by atoms with Crippen molar-refractivity contribution >= 4 is 44.0 Å². The normalized spacial score (nSPS) is 10.9. The Balaban J connectivity index is 2.33. The maximum Gasteiger partial charge on any atom is 0.143 e. The molecular formula is C16H14Br2O3. The number of methoxy groups -OCH3 is 2. The molecule has 0 saturated carbocycles. The minimum absolute atomic E-state index is 0.190. The van der Waals surface area contributed by atoms with E-state index in [1.54, 1.807) is 14.2 Å². The summed E-state index contributed by atoms with van der Waals surface area (Å²) in [6, 6.07) is 9.35. The maximum absolute atomic E-state index is 9.70. The van der Waals surface area contributed by atoms with E-state index in [2.05, 4.69) is 31.9 Å². The largest absolute Gasteiger partial charge is 0.506 e. The van der Waals surface area contributed by atoms with Crippen LogP contribution in [0.15, 0.2) is 39.3 Å². The van der Waals surface area contributed by atoms with Gasteiger partial charge in [0.25, 0.3) is 0 Å². The van der Waals surface area contributed by atoms with Gasteiger partial charge in [-0.2, -0.15) is 0 Å². The first kappa shape index (κ1) is 15.9. The molecule has 3 nitrogen and oxygen atoms in total. The SMILES string of the molecule is COc1cc(/C=C/c2cc(Br)c(O)c(Br)c2)cc(OC)c1. The van der Waals surface area contributed by atoms with Crippen LogP contribution in [-0.2, 0) is 0 Å². The zero-order chi connectivity index (χ0) is 15.4. The lowest BCUT2D eigenvalue weighted by molar-refractivity contribution is 0.394. The van der Waals surface area contributed by atoms with Gasteiger partial charge in [0.15, 0.2) is 0 Å². The van der Waals surface area contributed by atoms with Gasteiger partial charge in [-0.05, 0) is 67.3 Å². The quantitative estimate of drug-likeness (QED) is 0.708. The van der Waals surface area contributed by atoms with E-state index in [4.69, 9.17) is 9.47 Å². The topological polar surface area (TPSA) is 38.7 Å². The highest BCUT2D eigenvalue weighted by atomic mass is 79.9. The van der Waals surface area contributed by atoms with E-state index in [9.17, 15) is 5.11 Å². The average molecular weight is 414 g/mol. The van der Waals surface area contributed by atoms with Crippen molar-refractivity contribution in [3.05, 3.63) is 50.4 Å². The Labute approximate surface area is 140 Å². The molecule has 2 rings (SSSR count). The summed E-state index contributed by atoms with van der Waals surface area (Å²) in [4.78, 5) is 0. The minimum atomic E-state index is 0.190. The molecule has 0 amide bonds. The Kier molecular flexibility index (Phi) is 5.31. The predicted molar refractivity (Wildman–Crippen MR) is 92.0 cm³/mol. The average Bonchev–Trinajstić information content (AvgIpc) is 2.49. The number of hydrogen-bond acceptors (Lipinski definition) is 3. The lowest BCUT2D eigenvalue weighted by Crippen LogP contribution is -1.88. The van der Waals surface area contributed by atoms with Gasteiger partial charge in [-0.25, -0.2) is 0 Å². The van der Waals surface area contributed by atoms with E-state index in [1.807, 2.05) is 42.5 Å². The molecule has 5 heteroatoms. The highest BCUT2D eigenvalue weighted by Gasteiger charge is 2.04. The molecule has 0 atom stereocenters. The third-order valence-electron chi connectivity index (χ3n) is 2.88. The molecule has 2 aromatic carbocycles. The standard InChI is InChI=1S/C16H14Br2O3/c1-20-12-5-10(6-13(9-12)21-2)3-4-11-7-14(17)16(19)15(18)8-11/h3-9,19H,1-2H3/b4-3+. The van der Waals surface area contributed by atoms with Crippen molar-refractivity contribution in [2.45, 2.75) is 0 Å². The zero-order valence-corrected chi connectivity index (χ0v) is 14.7. The lowest BCUT2D eigenvalue weighted by Gasteiger charge is -2.06. The van der Waals surface area contributed by atoms with Crippen LogP contribution >= 0.6 is 31.9 Å². The Morgan fingerprint density at radius 1 is 0.810 bits per heavy atom. The van der Waals surface area contributed by atoms with Crippen molar-refractivity contribution in [2.24, 2.45) is 0 Å². The first-order chi connectivity index (χ1) is 10.0. The lowest BCUT2D eigenvalue weighted by atomic mass is 10.1. The van der Waals surface area contributed by atoms with Crippen molar-refractivity contribution < 1.29 is 14.6 Å². The van der Waals surface area contributed by atoms with Crippen LogP contribution in [0.3, 0.4) is 0 Å². The molecule has 0 unspecified atom stereocenters. The second kappa shape index (κ2) is 7.00. The smallest absolute Gasteiger partial charge is 0.143 e. The van der Waals surface area contributed by atoms with E-state index in [0.717, 1.165) is 22.6 Å². The van der Waals surface area contributed by atoms with Crippen LogP contribution in [0.4, 0.5) is 0 Å². The number of ether oxygens (including phenoxy) is 2. The van der Waals surface area contributed by atoms with Crippen molar-refractivity contribution in [3.8, 4) is 17.2 Å². The van der Waals surface area contributed by atoms with Crippen LogP contribution in [0, 0.1) is 0 Å². The molecule has 0 saturated heterocycles. The van der Waals surface area contributed by atoms with Gasteiger partial charge in [0.2, 0.25) is 0 Å². The maximum atomic E-state index is 9.70. The molecule has 0 fully saturated rings. The van der Waals surface area contributed by atoms with Crippen molar-refractivity contribution in [2.75, 3.05) is 14.2 Å². The molecule has 2 aromatic rings. The predicted octanol–water partition coefficient (Wildman–Crippen LogP) is 5.10. The Morgan fingerprint density at radius 3 is 1.67 bits per heavy atom. The summed E-state index contributed by atoms with van der Waals surface area (Å²) < 4.78 is 11.8. The number of benzene rings is 2. The van der Waals surface area contributed by atoms with E-state index in [-0.39, 0.29) is 5.75 Å². The van der Waals surface area contributed by atoms with Crippen molar-refractivity contribution in [3.63, 3.8) is 0 Å². The van der Waals surface area contributed by atoms with Gasteiger partial charge >= 0.3 is 0 Å². The minimum Gasteiger partial charge on any atom is -0.506 e. The Morgan fingerprint density at radius 2 is 1.24 bits per heavy atom. The monoisotopic (exact) mass is 412 g/mol. The summed E-state index contributed by atoms with van der Waals surface area (Å²) >= 11 is 6.63. The molecule has 0 aliphatic carbocycles. The van der Waals surface area contributed by atoms with Crippen LogP contribution < -0.4 is 9.47 Å². The van der Waals surface area contributed by atoms with Crippen LogP contribution in [0.5, 0.6) is 17.2 Å².